The fourth-order valence-corrected chi connectivity index (χ4v) is 6.09. The van der Waals surface area contributed by atoms with Crippen LogP contribution in [0, 0.1) is 60.2 Å². The fourth-order valence-electron chi connectivity index (χ4n) is 6.09. The predicted molar refractivity (Wildman–Crippen MR) is 220 cm³/mol. The van der Waals surface area contributed by atoms with Gasteiger partial charge in [-0.25, -0.2) is 0 Å². The van der Waals surface area contributed by atoms with Gasteiger partial charge in [0.1, 0.15) is 12.1 Å². The smallest absolute Gasteiger partial charge is 0.100 e. The number of anilines is 6. The Balaban J connectivity index is 1.13. The number of hydrogen-bond donors (Lipinski definition) is 0. The van der Waals surface area contributed by atoms with Crippen LogP contribution in [-0.4, -0.2) is 0 Å². The molecule has 0 aromatic heterocycles. The molecule has 7 aromatic carbocycles. The lowest BCUT2D eigenvalue weighted by atomic mass is 9.99. The van der Waals surface area contributed by atoms with Crippen molar-refractivity contribution in [3.8, 4) is 35.8 Å². The van der Waals surface area contributed by atoms with Crippen molar-refractivity contribution in [3.05, 3.63) is 214 Å². The van der Waals surface area contributed by atoms with Crippen molar-refractivity contribution in [1.82, 2.24) is 0 Å². The first-order valence-corrected chi connectivity index (χ1v) is 17.6. The summed E-state index contributed by atoms with van der Waals surface area (Å²) in [5.74, 6) is 12.6. The van der Waals surface area contributed by atoms with Crippen molar-refractivity contribution in [2.45, 2.75) is 13.8 Å². The maximum absolute atomic E-state index is 10.0. The molecule has 0 unspecified atom stereocenters. The van der Waals surface area contributed by atoms with Crippen LogP contribution in [0.4, 0.5) is 34.1 Å². The lowest BCUT2D eigenvalue weighted by molar-refractivity contribution is 1.27. The number of rotatable bonds is 6. The van der Waals surface area contributed by atoms with Crippen molar-refractivity contribution in [2.75, 3.05) is 9.80 Å². The van der Waals surface area contributed by atoms with Crippen molar-refractivity contribution >= 4 is 34.1 Å². The highest BCUT2D eigenvalue weighted by molar-refractivity contribution is 5.78. The molecule has 54 heavy (non-hydrogen) atoms. The summed E-state index contributed by atoms with van der Waals surface area (Å²) in [5, 5.41) is 20.1. The van der Waals surface area contributed by atoms with E-state index in [9.17, 15) is 10.5 Å². The van der Waals surface area contributed by atoms with Gasteiger partial charge in [-0.2, -0.15) is 10.5 Å². The molecular formula is C50H34N4. The summed E-state index contributed by atoms with van der Waals surface area (Å²) in [4.78, 5) is 4.39. The van der Waals surface area contributed by atoms with Gasteiger partial charge in [-0.3, -0.25) is 0 Å². The third-order valence-corrected chi connectivity index (χ3v) is 8.95. The van der Waals surface area contributed by atoms with E-state index in [1.54, 1.807) is 12.1 Å². The topological polar surface area (TPSA) is 54.1 Å². The Hall–Kier alpha value is -7.76. The van der Waals surface area contributed by atoms with Gasteiger partial charge >= 0.3 is 0 Å². The Morgan fingerprint density at radius 3 is 0.944 bits per heavy atom. The van der Waals surface area contributed by atoms with Crippen molar-refractivity contribution in [3.63, 3.8) is 0 Å². The van der Waals surface area contributed by atoms with Crippen LogP contribution in [0.25, 0.3) is 0 Å². The molecule has 7 rings (SSSR count). The van der Waals surface area contributed by atoms with Crippen LogP contribution in [0.15, 0.2) is 170 Å². The Morgan fingerprint density at radius 1 is 0.333 bits per heavy atom. The number of nitrogens with zero attached hydrogens (tertiary/aromatic N) is 4. The van der Waals surface area contributed by atoms with E-state index >= 15 is 0 Å². The first-order valence-electron chi connectivity index (χ1n) is 17.6. The Morgan fingerprint density at radius 2 is 0.630 bits per heavy atom. The molecule has 0 aliphatic carbocycles. The maximum atomic E-state index is 10.0. The number of para-hydroxylation sites is 2. The summed E-state index contributed by atoms with van der Waals surface area (Å²) in [7, 11) is 0. The summed E-state index contributed by atoms with van der Waals surface area (Å²) < 4.78 is 0. The van der Waals surface area contributed by atoms with E-state index in [0.717, 1.165) is 45.3 Å². The third-order valence-electron chi connectivity index (χ3n) is 8.95. The first kappa shape index (κ1) is 34.7. The van der Waals surface area contributed by atoms with E-state index in [0.29, 0.717) is 22.3 Å². The van der Waals surface area contributed by atoms with E-state index in [1.165, 1.54) is 11.1 Å². The average Bonchev–Trinajstić information content (AvgIpc) is 3.22. The molecule has 0 aliphatic rings. The molecule has 4 nitrogen and oxygen atoms in total. The lowest BCUT2D eigenvalue weighted by Gasteiger charge is -2.25. The number of aryl methyl sites for hydroxylation is 2. The Bertz CT molecular complexity index is 2420. The number of nitriles is 2. The van der Waals surface area contributed by atoms with Crippen LogP contribution < -0.4 is 9.80 Å². The van der Waals surface area contributed by atoms with Gasteiger partial charge in [-0.05, 0) is 123 Å². The summed E-state index contributed by atoms with van der Waals surface area (Å²) >= 11 is 0. The molecule has 0 saturated carbocycles. The van der Waals surface area contributed by atoms with Crippen LogP contribution >= 0.6 is 0 Å². The fraction of sp³-hybridized carbons (Fsp3) is 0.0400. The van der Waals surface area contributed by atoms with E-state index in [2.05, 4.69) is 132 Å². The first-order chi connectivity index (χ1) is 26.5. The van der Waals surface area contributed by atoms with E-state index in [1.807, 2.05) is 84.9 Å². The molecule has 0 heterocycles. The molecule has 0 radical (unpaired) electrons. The molecule has 0 N–H and O–H groups in total. The molecule has 0 saturated heterocycles. The lowest BCUT2D eigenvalue weighted by Crippen LogP contribution is -2.09. The largest absolute Gasteiger partial charge is 0.311 e. The highest BCUT2D eigenvalue weighted by Crippen LogP contribution is 2.36. The van der Waals surface area contributed by atoms with Crippen LogP contribution in [-0.2, 0) is 0 Å². The Labute approximate surface area is 317 Å². The highest BCUT2D eigenvalue weighted by atomic mass is 15.1. The molecule has 0 bridgehead atoms. The second-order valence-corrected chi connectivity index (χ2v) is 12.8. The second kappa shape index (κ2) is 16.1. The zero-order chi connectivity index (χ0) is 37.3. The van der Waals surface area contributed by atoms with Gasteiger partial charge in [-0.15, -0.1) is 0 Å². The van der Waals surface area contributed by atoms with Crippen LogP contribution in [0.1, 0.15) is 44.5 Å². The average molecular weight is 691 g/mol. The molecule has 0 amide bonds. The molecule has 0 aliphatic heterocycles. The zero-order valence-electron chi connectivity index (χ0n) is 30.0. The summed E-state index contributed by atoms with van der Waals surface area (Å²) in [5.41, 5.74) is 11.9. The van der Waals surface area contributed by atoms with Gasteiger partial charge < -0.3 is 9.80 Å². The molecule has 7 aromatic rings. The van der Waals surface area contributed by atoms with E-state index in [4.69, 9.17) is 0 Å². The molecule has 4 heteroatoms. The van der Waals surface area contributed by atoms with Gasteiger partial charge in [-0.1, -0.05) is 95.5 Å². The monoisotopic (exact) mass is 690 g/mol. The van der Waals surface area contributed by atoms with E-state index < -0.39 is 0 Å². The van der Waals surface area contributed by atoms with Crippen molar-refractivity contribution < 1.29 is 0 Å². The predicted octanol–water partition coefficient (Wildman–Crippen LogP) is 11.8. The minimum absolute atomic E-state index is 0.365. The maximum Gasteiger partial charge on any atom is 0.100 e. The molecule has 0 spiro atoms. The van der Waals surface area contributed by atoms with Gasteiger partial charge in [0.05, 0.1) is 11.1 Å². The minimum atomic E-state index is 0.365. The van der Waals surface area contributed by atoms with Crippen molar-refractivity contribution in [2.24, 2.45) is 0 Å². The second-order valence-electron chi connectivity index (χ2n) is 12.8. The molecule has 254 valence electrons. The Kier molecular flexibility index (Phi) is 10.3. The quantitative estimate of drug-likeness (QED) is 0.163. The minimum Gasteiger partial charge on any atom is -0.311 e. The van der Waals surface area contributed by atoms with Gasteiger partial charge in [0.2, 0.25) is 0 Å². The van der Waals surface area contributed by atoms with Crippen LogP contribution in [0.5, 0.6) is 0 Å². The number of benzene rings is 7. The third kappa shape index (κ3) is 7.91. The van der Waals surface area contributed by atoms with Crippen molar-refractivity contribution in [1.29, 1.82) is 10.5 Å². The summed E-state index contributed by atoms with van der Waals surface area (Å²) in [6.45, 7) is 4.16. The van der Waals surface area contributed by atoms with E-state index in [-0.39, 0.29) is 0 Å². The summed E-state index contributed by atoms with van der Waals surface area (Å²) in [6, 6.07) is 61.2. The summed E-state index contributed by atoms with van der Waals surface area (Å²) in [6.07, 6.45) is 0. The van der Waals surface area contributed by atoms with Crippen LogP contribution in [0.2, 0.25) is 0 Å². The standard InChI is InChI=1S/C50H34N4/c1-37-13-25-47(26-14-37)53(45-9-5-3-6-10-45)49-29-19-39(20-30-49)17-23-41-33-44(36-52)42(34-43(41)35-51)24-18-40-21-31-50(32-22-40)54(46-11-7-4-8-12-46)48-27-15-38(2)16-28-48/h3-16,19-22,25-34H,1-2H3. The SMILES string of the molecule is Cc1ccc(N(c2ccccc2)c2ccc(C#Cc3cc(C#N)c(C#Cc4ccc(N(c5ccccc5)c5ccc(C)cc5)cc4)cc3C#N)cc2)cc1. The number of hydrogen-bond acceptors (Lipinski definition) is 4. The van der Waals surface area contributed by atoms with Gasteiger partial charge in [0.15, 0.2) is 0 Å². The normalized spacial score (nSPS) is 10.1. The van der Waals surface area contributed by atoms with Gasteiger partial charge in [0.25, 0.3) is 0 Å². The van der Waals surface area contributed by atoms with Gasteiger partial charge in [0, 0.05) is 56.4 Å². The van der Waals surface area contributed by atoms with Crippen LogP contribution in [0.3, 0.4) is 0 Å². The molecular weight excluding hydrogens is 657 g/mol. The molecule has 0 atom stereocenters. The molecule has 0 fully saturated rings. The highest BCUT2D eigenvalue weighted by Gasteiger charge is 2.14. The zero-order valence-corrected chi connectivity index (χ0v) is 30.0.